The Hall–Kier alpha value is -3.78. The highest BCUT2D eigenvalue weighted by atomic mass is 19.4. The van der Waals surface area contributed by atoms with Gasteiger partial charge in [-0.05, 0) is 48.7 Å². The second kappa shape index (κ2) is 9.59. The number of fused-ring (bicyclic) bond motifs is 2. The summed E-state index contributed by atoms with van der Waals surface area (Å²) >= 11 is 0. The number of nitrogens with zero attached hydrogens (tertiary/aromatic N) is 6. The number of nitriles is 1. The average molecular weight is 513 g/mol. The van der Waals surface area contributed by atoms with Gasteiger partial charge in [-0.3, -0.25) is 9.69 Å². The third-order valence-corrected chi connectivity index (χ3v) is 7.15. The number of hydrogen-bond acceptors (Lipinski definition) is 6. The van der Waals surface area contributed by atoms with Gasteiger partial charge in [0.05, 0.1) is 48.4 Å². The molecule has 0 bridgehead atoms. The molecule has 1 fully saturated rings. The lowest BCUT2D eigenvalue weighted by atomic mass is 9.93. The van der Waals surface area contributed by atoms with E-state index in [4.69, 9.17) is 10.00 Å². The Morgan fingerprint density at radius 1 is 1.16 bits per heavy atom. The van der Waals surface area contributed by atoms with E-state index in [1.807, 2.05) is 31.3 Å². The van der Waals surface area contributed by atoms with Crippen molar-refractivity contribution < 1.29 is 22.7 Å². The Balaban J connectivity index is 1.42. The molecule has 0 radical (unpaired) electrons. The predicted octanol–water partition coefficient (Wildman–Crippen LogP) is 3.60. The van der Waals surface area contributed by atoms with Gasteiger partial charge in [0.1, 0.15) is 12.3 Å². The summed E-state index contributed by atoms with van der Waals surface area (Å²) < 4.78 is 46.1. The van der Waals surface area contributed by atoms with Gasteiger partial charge >= 0.3 is 6.18 Å². The summed E-state index contributed by atoms with van der Waals surface area (Å²) in [4.78, 5) is 18.1. The fraction of sp³-hybridized carbons (Fsp3) is 0.423. The molecule has 2 aliphatic heterocycles. The minimum atomic E-state index is -4.46. The third kappa shape index (κ3) is 4.81. The Labute approximate surface area is 212 Å². The minimum absolute atomic E-state index is 0.00349. The SMILES string of the molecule is COc1cc(-c2cnn3cc(N4CCN(C(C)C#N)CC4)ccc23)cc2c1C(=O)N(CC(F)(F)F)CC2. The zero-order valence-corrected chi connectivity index (χ0v) is 20.6. The molecule has 0 saturated carbocycles. The van der Waals surface area contributed by atoms with Gasteiger partial charge in [-0.25, -0.2) is 4.52 Å². The summed E-state index contributed by atoms with van der Waals surface area (Å²) in [6, 6.07) is 9.76. The van der Waals surface area contributed by atoms with Gasteiger partial charge in [-0.1, -0.05) is 0 Å². The molecule has 1 atom stereocenters. The molecule has 1 unspecified atom stereocenters. The smallest absolute Gasteiger partial charge is 0.406 e. The first-order chi connectivity index (χ1) is 17.7. The number of alkyl halides is 3. The number of rotatable bonds is 5. The molecule has 37 heavy (non-hydrogen) atoms. The van der Waals surface area contributed by atoms with Crippen molar-refractivity contribution in [3.63, 3.8) is 0 Å². The topological polar surface area (TPSA) is 77.1 Å². The first kappa shape index (κ1) is 24.9. The number of aromatic nitrogens is 2. The molecule has 2 aromatic heterocycles. The molecule has 194 valence electrons. The van der Waals surface area contributed by atoms with E-state index in [0.717, 1.165) is 53.4 Å². The fourth-order valence-electron chi connectivity index (χ4n) is 5.14. The van der Waals surface area contributed by atoms with E-state index >= 15 is 0 Å². The molecule has 1 amide bonds. The number of benzene rings is 1. The molecule has 1 saturated heterocycles. The van der Waals surface area contributed by atoms with Gasteiger partial charge in [0.15, 0.2) is 0 Å². The summed E-state index contributed by atoms with van der Waals surface area (Å²) in [5.74, 6) is -0.416. The Bertz CT molecular complexity index is 1350. The number of carbonyl (C=O) groups is 1. The van der Waals surface area contributed by atoms with E-state index in [2.05, 4.69) is 21.0 Å². The molecule has 4 heterocycles. The molecule has 11 heteroatoms. The molecule has 0 aliphatic carbocycles. The number of halogens is 3. The van der Waals surface area contributed by atoms with Gasteiger partial charge in [0, 0.05) is 38.3 Å². The molecular formula is C26H27F3N6O2. The van der Waals surface area contributed by atoms with Crippen molar-refractivity contribution in [1.29, 1.82) is 5.26 Å². The predicted molar refractivity (Wildman–Crippen MR) is 132 cm³/mol. The fourth-order valence-corrected chi connectivity index (χ4v) is 5.14. The van der Waals surface area contributed by atoms with Crippen LogP contribution in [0, 0.1) is 11.3 Å². The monoisotopic (exact) mass is 512 g/mol. The van der Waals surface area contributed by atoms with E-state index in [1.165, 1.54) is 7.11 Å². The zero-order chi connectivity index (χ0) is 26.3. The summed E-state index contributed by atoms with van der Waals surface area (Å²) in [6.07, 6.45) is -0.441. The van der Waals surface area contributed by atoms with Crippen LogP contribution in [0.5, 0.6) is 5.75 Å². The van der Waals surface area contributed by atoms with Crippen molar-refractivity contribution in [1.82, 2.24) is 19.4 Å². The van der Waals surface area contributed by atoms with Crippen molar-refractivity contribution in [3.8, 4) is 22.9 Å². The Morgan fingerprint density at radius 3 is 2.59 bits per heavy atom. The molecule has 0 spiro atoms. The lowest BCUT2D eigenvalue weighted by Crippen LogP contribution is -2.49. The first-order valence-electron chi connectivity index (χ1n) is 12.1. The normalized spacial score (nSPS) is 17.6. The maximum atomic E-state index is 12.9. The molecule has 0 N–H and O–H groups in total. The van der Waals surface area contributed by atoms with Crippen LogP contribution in [0.4, 0.5) is 18.9 Å². The van der Waals surface area contributed by atoms with Crippen molar-refractivity contribution in [2.24, 2.45) is 0 Å². The summed E-state index contributed by atoms with van der Waals surface area (Å²) in [5, 5.41) is 13.7. The van der Waals surface area contributed by atoms with Crippen molar-refractivity contribution in [3.05, 3.63) is 47.8 Å². The molecule has 2 aliphatic rings. The number of ether oxygens (including phenoxy) is 1. The van der Waals surface area contributed by atoms with Gasteiger partial charge < -0.3 is 14.5 Å². The van der Waals surface area contributed by atoms with Crippen LogP contribution in [0.2, 0.25) is 0 Å². The van der Waals surface area contributed by atoms with Crippen LogP contribution >= 0.6 is 0 Å². The summed E-state index contributed by atoms with van der Waals surface area (Å²) in [6.45, 7) is 3.88. The van der Waals surface area contributed by atoms with E-state index in [9.17, 15) is 18.0 Å². The molecule has 5 rings (SSSR count). The van der Waals surface area contributed by atoms with Crippen LogP contribution in [-0.2, 0) is 6.42 Å². The highest BCUT2D eigenvalue weighted by Crippen LogP contribution is 2.36. The number of methoxy groups -OCH3 is 1. The lowest BCUT2D eigenvalue weighted by molar-refractivity contribution is -0.141. The van der Waals surface area contributed by atoms with Crippen LogP contribution < -0.4 is 9.64 Å². The van der Waals surface area contributed by atoms with Crippen molar-refractivity contribution in [2.45, 2.75) is 25.6 Å². The lowest BCUT2D eigenvalue weighted by Gasteiger charge is -2.37. The number of pyridine rings is 1. The van der Waals surface area contributed by atoms with Gasteiger partial charge in [-0.15, -0.1) is 0 Å². The minimum Gasteiger partial charge on any atom is -0.496 e. The highest BCUT2D eigenvalue weighted by Gasteiger charge is 2.37. The average Bonchev–Trinajstić information content (AvgIpc) is 3.32. The highest BCUT2D eigenvalue weighted by molar-refractivity contribution is 6.00. The second-order valence-corrected chi connectivity index (χ2v) is 9.41. The largest absolute Gasteiger partial charge is 0.496 e. The number of amides is 1. The number of carbonyl (C=O) groups excluding carboxylic acids is 1. The molecule has 1 aromatic carbocycles. The van der Waals surface area contributed by atoms with E-state index in [1.54, 1.807) is 16.8 Å². The van der Waals surface area contributed by atoms with Gasteiger partial charge in [0.2, 0.25) is 0 Å². The maximum absolute atomic E-state index is 12.9. The van der Waals surface area contributed by atoms with E-state index in [-0.39, 0.29) is 23.9 Å². The molecular weight excluding hydrogens is 485 g/mol. The van der Waals surface area contributed by atoms with Crippen LogP contribution in [0.25, 0.3) is 16.6 Å². The standard InChI is InChI=1S/C26H27F3N6O2/c1-17(13-30)32-7-9-33(10-8-32)20-3-4-22-21(14-31-35(22)15-20)19-11-18-5-6-34(16-26(27,28)29)25(36)24(18)23(12-19)37-2/h3-4,11-12,14-15,17H,5-10,16H2,1-2H3. The Morgan fingerprint density at radius 2 is 1.92 bits per heavy atom. The van der Waals surface area contributed by atoms with Gasteiger partial charge in [0.25, 0.3) is 5.91 Å². The number of hydrogen-bond donors (Lipinski definition) is 0. The van der Waals surface area contributed by atoms with Gasteiger partial charge in [-0.2, -0.15) is 23.5 Å². The van der Waals surface area contributed by atoms with Crippen molar-refractivity contribution in [2.75, 3.05) is 51.3 Å². The van der Waals surface area contributed by atoms with Crippen LogP contribution in [-0.4, -0.2) is 83.9 Å². The maximum Gasteiger partial charge on any atom is 0.406 e. The quantitative estimate of drug-likeness (QED) is 0.520. The van der Waals surface area contributed by atoms with E-state index < -0.39 is 18.6 Å². The number of anilines is 1. The van der Waals surface area contributed by atoms with Crippen LogP contribution in [0.15, 0.2) is 36.7 Å². The van der Waals surface area contributed by atoms with E-state index in [0.29, 0.717) is 12.0 Å². The van der Waals surface area contributed by atoms with Crippen LogP contribution in [0.1, 0.15) is 22.8 Å². The molecule has 3 aromatic rings. The zero-order valence-electron chi connectivity index (χ0n) is 20.6. The summed E-state index contributed by atoms with van der Waals surface area (Å²) in [5.41, 5.74) is 4.37. The second-order valence-electron chi connectivity index (χ2n) is 9.41. The molecule has 8 nitrogen and oxygen atoms in total. The third-order valence-electron chi connectivity index (χ3n) is 7.15. The van der Waals surface area contributed by atoms with Crippen molar-refractivity contribution >= 4 is 17.1 Å². The Kier molecular flexibility index (Phi) is 6.45. The summed E-state index contributed by atoms with van der Waals surface area (Å²) in [7, 11) is 1.41. The first-order valence-corrected chi connectivity index (χ1v) is 12.1. The number of piperazine rings is 1. The van der Waals surface area contributed by atoms with Crippen LogP contribution in [0.3, 0.4) is 0 Å².